The van der Waals surface area contributed by atoms with Crippen LogP contribution in [0, 0.1) is 5.92 Å². The van der Waals surface area contributed by atoms with Gasteiger partial charge in [-0.2, -0.15) is 0 Å². The van der Waals surface area contributed by atoms with E-state index in [1.807, 2.05) is 18.2 Å². The zero-order chi connectivity index (χ0) is 15.2. The lowest BCUT2D eigenvalue weighted by Gasteiger charge is -2.31. The molecular weight excluding hydrogens is 276 g/mol. The normalized spacial score (nSPS) is 17.0. The number of ether oxygens (including phenoxy) is 1. The van der Waals surface area contributed by atoms with Crippen molar-refractivity contribution in [3.63, 3.8) is 0 Å². The summed E-state index contributed by atoms with van der Waals surface area (Å²) in [7, 11) is 1.77. The third-order valence-electron chi connectivity index (χ3n) is 4.42. The quantitative estimate of drug-likeness (QED) is 0.888. The molecule has 0 spiro atoms. The Labute approximate surface area is 131 Å². The van der Waals surface area contributed by atoms with Gasteiger partial charge in [0.15, 0.2) is 0 Å². The molecular formula is C17H24N4O. The summed E-state index contributed by atoms with van der Waals surface area (Å²) < 4.78 is 5.15. The smallest absolute Gasteiger partial charge is 0.137 e. The van der Waals surface area contributed by atoms with Crippen LogP contribution in [0.1, 0.15) is 12.8 Å². The molecule has 1 aliphatic rings. The van der Waals surface area contributed by atoms with Gasteiger partial charge in [0.05, 0.1) is 12.1 Å². The molecule has 5 heteroatoms. The highest BCUT2D eigenvalue weighted by molar-refractivity contribution is 5.88. The fourth-order valence-corrected chi connectivity index (χ4v) is 3.02. The van der Waals surface area contributed by atoms with Gasteiger partial charge in [0.2, 0.25) is 0 Å². The molecule has 2 heterocycles. The topological polar surface area (TPSA) is 50.3 Å². The lowest BCUT2D eigenvalue weighted by Crippen LogP contribution is -2.37. The average Bonchev–Trinajstić information content (AvgIpc) is 2.59. The van der Waals surface area contributed by atoms with Crippen molar-refractivity contribution in [1.82, 2.24) is 14.9 Å². The summed E-state index contributed by atoms with van der Waals surface area (Å²) in [4.78, 5) is 11.2. The van der Waals surface area contributed by atoms with Gasteiger partial charge in [0, 0.05) is 25.6 Å². The maximum atomic E-state index is 5.15. The average molecular weight is 300 g/mol. The van der Waals surface area contributed by atoms with E-state index < -0.39 is 0 Å². The first-order chi connectivity index (χ1) is 10.9. The summed E-state index contributed by atoms with van der Waals surface area (Å²) in [5.74, 6) is 1.67. The van der Waals surface area contributed by atoms with Crippen molar-refractivity contribution in [2.24, 2.45) is 5.92 Å². The Balaban J connectivity index is 1.53. The van der Waals surface area contributed by atoms with Crippen LogP contribution in [0.5, 0.6) is 0 Å². The number of hydrogen-bond acceptors (Lipinski definition) is 5. The summed E-state index contributed by atoms with van der Waals surface area (Å²) in [6.07, 6.45) is 4.11. The van der Waals surface area contributed by atoms with Gasteiger partial charge in [-0.3, -0.25) is 0 Å². The molecule has 0 saturated carbocycles. The van der Waals surface area contributed by atoms with Crippen molar-refractivity contribution >= 4 is 16.7 Å². The van der Waals surface area contributed by atoms with Crippen molar-refractivity contribution in [3.8, 4) is 0 Å². The van der Waals surface area contributed by atoms with Crippen LogP contribution in [0.25, 0.3) is 10.9 Å². The van der Waals surface area contributed by atoms with Crippen LogP contribution in [0.2, 0.25) is 0 Å². The summed E-state index contributed by atoms with van der Waals surface area (Å²) in [5.41, 5.74) is 0.995. The molecule has 1 aromatic heterocycles. The number of fused-ring (bicyclic) bond motifs is 1. The minimum atomic E-state index is 0.715. The number of para-hydroxylation sites is 1. The molecule has 1 N–H and O–H groups in total. The second-order valence-electron chi connectivity index (χ2n) is 5.90. The Morgan fingerprint density at radius 2 is 2.05 bits per heavy atom. The molecule has 0 atom stereocenters. The van der Waals surface area contributed by atoms with E-state index >= 15 is 0 Å². The molecule has 2 aromatic rings. The molecule has 1 aliphatic heterocycles. The first kappa shape index (κ1) is 15.2. The largest absolute Gasteiger partial charge is 0.383 e. The second kappa shape index (κ2) is 7.51. The number of nitrogens with zero attached hydrogens (tertiary/aromatic N) is 3. The molecule has 5 nitrogen and oxygen atoms in total. The van der Waals surface area contributed by atoms with Gasteiger partial charge in [0.1, 0.15) is 12.1 Å². The summed E-state index contributed by atoms with van der Waals surface area (Å²) in [6.45, 7) is 5.20. The van der Waals surface area contributed by atoms with Gasteiger partial charge in [-0.05, 0) is 44.0 Å². The number of likely N-dealkylation sites (tertiary alicyclic amines) is 1. The Morgan fingerprint density at radius 3 is 2.86 bits per heavy atom. The van der Waals surface area contributed by atoms with Crippen LogP contribution >= 0.6 is 0 Å². The highest BCUT2D eigenvalue weighted by atomic mass is 16.5. The van der Waals surface area contributed by atoms with Crippen LogP contribution < -0.4 is 5.32 Å². The van der Waals surface area contributed by atoms with Gasteiger partial charge in [0.25, 0.3) is 0 Å². The van der Waals surface area contributed by atoms with E-state index in [4.69, 9.17) is 4.74 Å². The molecule has 1 saturated heterocycles. The standard InChI is InChI=1S/C17H24N4O/c1-22-11-10-21-8-6-14(7-9-21)12-18-17-15-4-2-3-5-16(15)19-13-20-17/h2-5,13-14H,6-12H2,1H3,(H,18,19,20). The first-order valence-corrected chi connectivity index (χ1v) is 8.01. The minimum absolute atomic E-state index is 0.715. The number of methoxy groups -OCH3 is 1. The first-order valence-electron chi connectivity index (χ1n) is 8.01. The monoisotopic (exact) mass is 300 g/mol. The van der Waals surface area contributed by atoms with E-state index in [2.05, 4.69) is 26.3 Å². The van der Waals surface area contributed by atoms with Crippen molar-refractivity contribution in [2.45, 2.75) is 12.8 Å². The Bertz CT molecular complexity index is 591. The fraction of sp³-hybridized carbons (Fsp3) is 0.529. The number of piperidine rings is 1. The second-order valence-corrected chi connectivity index (χ2v) is 5.90. The number of nitrogens with one attached hydrogen (secondary N) is 1. The molecule has 0 radical (unpaired) electrons. The number of anilines is 1. The van der Waals surface area contributed by atoms with Gasteiger partial charge >= 0.3 is 0 Å². The molecule has 22 heavy (non-hydrogen) atoms. The zero-order valence-corrected chi connectivity index (χ0v) is 13.2. The number of benzene rings is 1. The lowest BCUT2D eigenvalue weighted by atomic mass is 9.97. The van der Waals surface area contributed by atoms with E-state index in [0.717, 1.165) is 36.4 Å². The third kappa shape index (κ3) is 3.72. The van der Waals surface area contributed by atoms with Crippen LogP contribution in [0.4, 0.5) is 5.82 Å². The van der Waals surface area contributed by atoms with Crippen molar-refractivity contribution in [2.75, 3.05) is 45.2 Å². The van der Waals surface area contributed by atoms with Crippen LogP contribution in [-0.2, 0) is 4.74 Å². The van der Waals surface area contributed by atoms with Crippen LogP contribution in [0.15, 0.2) is 30.6 Å². The molecule has 1 fully saturated rings. The lowest BCUT2D eigenvalue weighted by molar-refractivity contribution is 0.122. The molecule has 1 aromatic carbocycles. The summed E-state index contributed by atoms with van der Waals surface area (Å²) in [5, 5.41) is 4.62. The number of hydrogen-bond donors (Lipinski definition) is 1. The molecule has 0 amide bonds. The molecule has 0 aliphatic carbocycles. The maximum Gasteiger partial charge on any atom is 0.137 e. The van der Waals surface area contributed by atoms with E-state index in [9.17, 15) is 0 Å². The minimum Gasteiger partial charge on any atom is -0.383 e. The van der Waals surface area contributed by atoms with Gasteiger partial charge < -0.3 is 15.0 Å². The molecule has 118 valence electrons. The summed E-state index contributed by atoms with van der Waals surface area (Å²) >= 11 is 0. The van der Waals surface area contributed by atoms with Gasteiger partial charge in [-0.1, -0.05) is 12.1 Å². The zero-order valence-electron chi connectivity index (χ0n) is 13.2. The highest BCUT2D eigenvalue weighted by Gasteiger charge is 2.19. The highest BCUT2D eigenvalue weighted by Crippen LogP contribution is 2.21. The number of aromatic nitrogens is 2. The van der Waals surface area contributed by atoms with Crippen molar-refractivity contribution < 1.29 is 4.74 Å². The van der Waals surface area contributed by atoms with Crippen molar-refractivity contribution in [1.29, 1.82) is 0 Å². The van der Waals surface area contributed by atoms with E-state index in [-0.39, 0.29) is 0 Å². The molecule has 0 unspecified atom stereocenters. The van der Waals surface area contributed by atoms with E-state index in [1.165, 1.54) is 25.9 Å². The number of rotatable bonds is 6. The predicted octanol–water partition coefficient (Wildman–Crippen LogP) is 2.40. The Hall–Kier alpha value is -1.72. The Morgan fingerprint density at radius 1 is 1.23 bits per heavy atom. The summed E-state index contributed by atoms with van der Waals surface area (Å²) in [6, 6.07) is 8.14. The fourth-order valence-electron chi connectivity index (χ4n) is 3.02. The predicted molar refractivity (Wildman–Crippen MR) is 89.1 cm³/mol. The van der Waals surface area contributed by atoms with Gasteiger partial charge in [-0.25, -0.2) is 9.97 Å². The SMILES string of the molecule is COCCN1CCC(CNc2ncnc3ccccc23)CC1. The van der Waals surface area contributed by atoms with Crippen LogP contribution in [0.3, 0.4) is 0 Å². The van der Waals surface area contributed by atoms with Crippen molar-refractivity contribution in [3.05, 3.63) is 30.6 Å². The third-order valence-corrected chi connectivity index (χ3v) is 4.42. The Kier molecular flexibility index (Phi) is 5.19. The molecule has 0 bridgehead atoms. The van der Waals surface area contributed by atoms with Crippen LogP contribution in [-0.4, -0.2) is 54.8 Å². The van der Waals surface area contributed by atoms with E-state index in [0.29, 0.717) is 5.92 Å². The maximum absolute atomic E-state index is 5.15. The van der Waals surface area contributed by atoms with E-state index in [1.54, 1.807) is 13.4 Å². The van der Waals surface area contributed by atoms with Gasteiger partial charge in [-0.15, -0.1) is 0 Å². The molecule has 3 rings (SSSR count).